The van der Waals surface area contributed by atoms with Crippen LogP contribution in [-0.2, 0) is 0 Å². The van der Waals surface area contributed by atoms with Crippen LogP contribution in [0.15, 0.2) is 22.8 Å². The molecule has 76 valence electrons. The maximum atomic E-state index is 4.25. The van der Waals surface area contributed by atoms with Crippen LogP contribution in [0, 0.1) is 5.92 Å². The Kier molecular flexibility index (Phi) is 3.40. The highest BCUT2D eigenvalue weighted by Crippen LogP contribution is 2.33. The van der Waals surface area contributed by atoms with Crippen LogP contribution in [0.1, 0.15) is 25.7 Å². The molecular formula is C11H15BrN2. The summed E-state index contributed by atoms with van der Waals surface area (Å²) in [7, 11) is 0. The molecule has 1 heterocycles. The second-order valence-corrected chi connectivity index (χ2v) is 4.79. The lowest BCUT2D eigenvalue weighted by Gasteiger charge is -2.04. The van der Waals surface area contributed by atoms with Crippen molar-refractivity contribution in [3.05, 3.63) is 22.8 Å². The molecule has 1 aromatic rings. The van der Waals surface area contributed by atoms with Gasteiger partial charge in [0.25, 0.3) is 0 Å². The maximum Gasteiger partial charge on any atom is 0.125 e. The molecule has 1 saturated carbocycles. The second-order valence-electron chi connectivity index (χ2n) is 3.87. The number of anilines is 1. The molecule has 0 aromatic carbocycles. The van der Waals surface area contributed by atoms with Crippen LogP contribution in [0.2, 0.25) is 0 Å². The van der Waals surface area contributed by atoms with Crippen molar-refractivity contribution in [1.82, 2.24) is 4.98 Å². The lowest BCUT2D eigenvalue weighted by atomic mass is 10.2. The van der Waals surface area contributed by atoms with Gasteiger partial charge in [-0.1, -0.05) is 12.8 Å². The monoisotopic (exact) mass is 254 g/mol. The first-order chi connectivity index (χ1) is 6.84. The highest BCUT2D eigenvalue weighted by Gasteiger charge is 2.19. The molecule has 1 aliphatic rings. The van der Waals surface area contributed by atoms with E-state index in [2.05, 4.69) is 26.2 Å². The van der Waals surface area contributed by atoms with Gasteiger partial charge >= 0.3 is 0 Å². The zero-order chi connectivity index (χ0) is 9.80. The topological polar surface area (TPSA) is 24.9 Å². The van der Waals surface area contributed by atoms with E-state index in [9.17, 15) is 0 Å². The van der Waals surface area contributed by atoms with Gasteiger partial charge in [-0.15, -0.1) is 0 Å². The molecule has 0 aliphatic heterocycles. The van der Waals surface area contributed by atoms with Gasteiger partial charge in [0, 0.05) is 17.2 Å². The van der Waals surface area contributed by atoms with Crippen molar-refractivity contribution < 1.29 is 0 Å². The Balaban J connectivity index is 1.66. The molecule has 2 rings (SSSR count). The van der Waals surface area contributed by atoms with Gasteiger partial charge in [0.2, 0.25) is 0 Å². The first-order valence-corrected chi connectivity index (χ1v) is 5.99. The standard InChI is InChI=1S/C11H15BrN2/c12-10-5-6-11(14-8-10)13-7-1-2-9-3-4-9/h5-6,8-9H,1-4,7H2,(H,13,14). The minimum atomic E-state index is 0.976. The van der Waals surface area contributed by atoms with Crippen LogP contribution < -0.4 is 5.32 Å². The number of nitrogens with one attached hydrogen (secondary N) is 1. The summed E-state index contributed by atoms with van der Waals surface area (Å²) in [6, 6.07) is 4.01. The summed E-state index contributed by atoms with van der Waals surface area (Å²) in [5.41, 5.74) is 0. The predicted molar refractivity (Wildman–Crippen MR) is 62.4 cm³/mol. The summed E-state index contributed by atoms with van der Waals surface area (Å²) in [6.07, 6.45) is 7.38. The van der Waals surface area contributed by atoms with Gasteiger partial charge in [-0.2, -0.15) is 0 Å². The van der Waals surface area contributed by atoms with E-state index in [4.69, 9.17) is 0 Å². The average molecular weight is 255 g/mol. The molecular weight excluding hydrogens is 240 g/mol. The minimum Gasteiger partial charge on any atom is -0.370 e. The Morgan fingerprint density at radius 1 is 1.43 bits per heavy atom. The maximum absolute atomic E-state index is 4.25. The molecule has 0 spiro atoms. The Labute approximate surface area is 93.3 Å². The summed E-state index contributed by atoms with van der Waals surface area (Å²) in [5, 5.41) is 3.32. The number of nitrogens with zero attached hydrogens (tertiary/aromatic N) is 1. The van der Waals surface area contributed by atoms with Gasteiger partial charge in [0.05, 0.1) is 0 Å². The lowest BCUT2D eigenvalue weighted by Crippen LogP contribution is -2.03. The third-order valence-corrected chi connectivity index (χ3v) is 2.99. The largest absolute Gasteiger partial charge is 0.370 e. The normalized spacial score (nSPS) is 15.5. The Bertz CT molecular complexity index is 280. The van der Waals surface area contributed by atoms with E-state index >= 15 is 0 Å². The molecule has 0 unspecified atom stereocenters. The molecule has 1 N–H and O–H groups in total. The predicted octanol–water partition coefficient (Wildman–Crippen LogP) is 3.45. The quantitative estimate of drug-likeness (QED) is 0.815. The van der Waals surface area contributed by atoms with E-state index in [-0.39, 0.29) is 0 Å². The van der Waals surface area contributed by atoms with E-state index in [1.807, 2.05) is 18.3 Å². The summed E-state index contributed by atoms with van der Waals surface area (Å²) >= 11 is 3.36. The molecule has 0 amide bonds. The zero-order valence-corrected chi connectivity index (χ0v) is 9.76. The number of hydrogen-bond acceptors (Lipinski definition) is 2. The van der Waals surface area contributed by atoms with Crippen LogP contribution >= 0.6 is 15.9 Å². The van der Waals surface area contributed by atoms with Gasteiger partial charge < -0.3 is 5.32 Å². The average Bonchev–Trinajstić information content (AvgIpc) is 2.99. The Morgan fingerprint density at radius 2 is 2.29 bits per heavy atom. The summed E-state index contributed by atoms with van der Waals surface area (Å²) in [4.78, 5) is 4.25. The fraction of sp³-hybridized carbons (Fsp3) is 0.545. The first-order valence-electron chi connectivity index (χ1n) is 5.20. The van der Waals surface area contributed by atoms with Gasteiger partial charge in [-0.05, 0) is 46.8 Å². The van der Waals surface area contributed by atoms with Crippen molar-refractivity contribution in [2.75, 3.05) is 11.9 Å². The van der Waals surface area contributed by atoms with Crippen LogP contribution in [0.4, 0.5) is 5.82 Å². The zero-order valence-electron chi connectivity index (χ0n) is 8.17. The minimum absolute atomic E-state index is 0.976. The fourth-order valence-electron chi connectivity index (χ4n) is 1.49. The smallest absolute Gasteiger partial charge is 0.125 e. The summed E-state index contributed by atoms with van der Waals surface area (Å²) in [6.45, 7) is 1.05. The van der Waals surface area contributed by atoms with Gasteiger partial charge in [-0.3, -0.25) is 0 Å². The van der Waals surface area contributed by atoms with E-state index in [1.165, 1.54) is 25.7 Å². The molecule has 0 saturated heterocycles. The lowest BCUT2D eigenvalue weighted by molar-refractivity contribution is 0.686. The molecule has 0 atom stereocenters. The molecule has 0 radical (unpaired) electrons. The van der Waals surface area contributed by atoms with Gasteiger partial charge in [0.1, 0.15) is 5.82 Å². The number of halogens is 1. The van der Waals surface area contributed by atoms with Gasteiger partial charge in [-0.25, -0.2) is 4.98 Å². The number of aromatic nitrogens is 1. The van der Waals surface area contributed by atoms with Crippen LogP contribution in [0.5, 0.6) is 0 Å². The Morgan fingerprint density at radius 3 is 2.93 bits per heavy atom. The van der Waals surface area contributed by atoms with Crippen molar-refractivity contribution in [3.8, 4) is 0 Å². The number of hydrogen-bond donors (Lipinski definition) is 1. The molecule has 1 aliphatic carbocycles. The van der Waals surface area contributed by atoms with Crippen LogP contribution in [0.25, 0.3) is 0 Å². The van der Waals surface area contributed by atoms with E-state index in [0.717, 1.165) is 22.8 Å². The van der Waals surface area contributed by atoms with Gasteiger partial charge in [0.15, 0.2) is 0 Å². The fourth-order valence-corrected chi connectivity index (χ4v) is 1.73. The van der Waals surface area contributed by atoms with Crippen molar-refractivity contribution in [1.29, 1.82) is 0 Å². The molecule has 14 heavy (non-hydrogen) atoms. The van der Waals surface area contributed by atoms with Crippen LogP contribution in [0.3, 0.4) is 0 Å². The summed E-state index contributed by atoms with van der Waals surface area (Å²) < 4.78 is 1.03. The SMILES string of the molecule is Brc1ccc(NCCCC2CC2)nc1. The molecule has 2 nitrogen and oxygen atoms in total. The highest BCUT2D eigenvalue weighted by atomic mass is 79.9. The second kappa shape index (κ2) is 4.78. The van der Waals surface area contributed by atoms with Crippen LogP contribution in [-0.4, -0.2) is 11.5 Å². The number of rotatable bonds is 5. The Hall–Kier alpha value is -0.570. The summed E-state index contributed by atoms with van der Waals surface area (Å²) in [5.74, 6) is 2.01. The number of pyridine rings is 1. The molecule has 3 heteroatoms. The third kappa shape index (κ3) is 3.29. The highest BCUT2D eigenvalue weighted by molar-refractivity contribution is 9.10. The van der Waals surface area contributed by atoms with Crippen molar-refractivity contribution in [3.63, 3.8) is 0 Å². The molecule has 1 aromatic heterocycles. The van der Waals surface area contributed by atoms with Crippen molar-refractivity contribution in [2.24, 2.45) is 5.92 Å². The van der Waals surface area contributed by atoms with E-state index in [1.54, 1.807) is 0 Å². The van der Waals surface area contributed by atoms with Crippen molar-refractivity contribution >= 4 is 21.7 Å². The van der Waals surface area contributed by atoms with E-state index in [0.29, 0.717) is 0 Å². The first kappa shape index (κ1) is 9.97. The third-order valence-electron chi connectivity index (χ3n) is 2.52. The molecule has 1 fully saturated rings. The van der Waals surface area contributed by atoms with E-state index < -0.39 is 0 Å². The molecule has 0 bridgehead atoms. The van der Waals surface area contributed by atoms with Crippen molar-refractivity contribution in [2.45, 2.75) is 25.7 Å².